The lowest BCUT2D eigenvalue weighted by atomic mass is 10.2. The van der Waals surface area contributed by atoms with Gasteiger partial charge in [-0.1, -0.05) is 13.8 Å². The van der Waals surface area contributed by atoms with Gasteiger partial charge in [0.2, 0.25) is 15.9 Å². The van der Waals surface area contributed by atoms with E-state index in [9.17, 15) is 31.2 Å². The first kappa shape index (κ1) is 23.4. The first-order chi connectivity index (χ1) is 14.1. The monoisotopic (exact) mass is 443 g/mol. The zero-order valence-corrected chi connectivity index (χ0v) is 17.0. The maximum Gasteiger partial charge on any atom is 0.251 e. The predicted octanol–water partition coefficient (Wildman–Crippen LogP) is 2.50. The second kappa shape index (κ2) is 9.72. The van der Waals surface area contributed by atoms with Crippen molar-refractivity contribution in [3.8, 4) is 0 Å². The van der Waals surface area contributed by atoms with Gasteiger partial charge in [0.25, 0.3) is 5.91 Å². The third-order valence-electron chi connectivity index (χ3n) is 4.13. The Morgan fingerprint density at radius 3 is 2.17 bits per heavy atom. The number of amides is 2. The molecule has 0 aromatic heterocycles. The highest BCUT2D eigenvalue weighted by Gasteiger charge is 2.26. The van der Waals surface area contributed by atoms with Gasteiger partial charge in [-0.25, -0.2) is 21.6 Å². The van der Waals surface area contributed by atoms with E-state index < -0.39 is 50.7 Å². The Labute approximate surface area is 171 Å². The van der Waals surface area contributed by atoms with Crippen LogP contribution in [0.4, 0.5) is 18.9 Å². The summed E-state index contributed by atoms with van der Waals surface area (Å²) in [6, 6.07) is 5.58. The van der Waals surface area contributed by atoms with Crippen LogP contribution in [-0.4, -0.2) is 44.2 Å². The molecule has 0 saturated carbocycles. The fourth-order valence-corrected chi connectivity index (χ4v) is 4.13. The molecule has 0 atom stereocenters. The lowest BCUT2D eigenvalue weighted by Gasteiger charge is -2.19. The Kier molecular flexibility index (Phi) is 7.57. The largest absolute Gasteiger partial charge is 0.343 e. The van der Waals surface area contributed by atoms with Gasteiger partial charge >= 0.3 is 0 Å². The van der Waals surface area contributed by atoms with Crippen molar-refractivity contribution in [3.05, 3.63) is 59.4 Å². The van der Waals surface area contributed by atoms with Crippen molar-refractivity contribution in [2.75, 3.05) is 25.0 Å². The summed E-state index contributed by atoms with van der Waals surface area (Å²) < 4.78 is 66.3. The molecule has 0 spiro atoms. The Morgan fingerprint density at radius 2 is 1.57 bits per heavy atom. The Hall–Kier alpha value is -2.92. The minimum atomic E-state index is -4.13. The van der Waals surface area contributed by atoms with Crippen molar-refractivity contribution in [2.45, 2.75) is 18.7 Å². The summed E-state index contributed by atoms with van der Waals surface area (Å²) in [6.07, 6.45) is 0. The van der Waals surface area contributed by atoms with E-state index in [-0.39, 0.29) is 24.3 Å². The standard InChI is InChI=1S/C19H20F3N3O4S/c1-3-25(4-2)30(28,29)17-9-12(5-7-15(17)21)19(27)23-11-18(26)24-13-6-8-14(20)16(22)10-13/h5-10H,3-4,11H2,1-2H3,(H,23,27)(H,24,26). The molecule has 2 rings (SSSR count). The molecule has 0 saturated heterocycles. The molecule has 0 fully saturated rings. The summed E-state index contributed by atoms with van der Waals surface area (Å²) >= 11 is 0. The van der Waals surface area contributed by atoms with Crippen molar-refractivity contribution in [2.24, 2.45) is 0 Å². The van der Waals surface area contributed by atoms with Crippen LogP contribution < -0.4 is 10.6 Å². The Morgan fingerprint density at radius 1 is 0.933 bits per heavy atom. The third-order valence-corrected chi connectivity index (χ3v) is 6.19. The number of halogens is 3. The maximum atomic E-state index is 14.1. The lowest BCUT2D eigenvalue weighted by molar-refractivity contribution is -0.115. The molecule has 2 amide bonds. The number of nitrogens with zero attached hydrogens (tertiary/aromatic N) is 1. The number of hydrogen-bond donors (Lipinski definition) is 2. The van der Waals surface area contributed by atoms with Crippen LogP contribution in [0.15, 0.2) is 41.3 Å². The zero-order valence-electron chi connectivity index (χ0n) is 16.2. The van der Waals surface area contributed by atoms with Crippen LogP contribution in [0.3, 0.4) is 0 Å². The SMILES string of the molecule is CCN(CC)S(=O)(=O)c1cc(C(=O)NCC(=O)Nc2ccc(F)c(F)c2)ccc1F. The number of rotatable bonds is 8. The van der Waals surface area contributed by atoms with E-state index >= 15 is 0 Å². The van der Waals surface area contributed by atoms with E-state index in [0.29, 0.717) is 0 Å². The molecule has 0 radical (unpaired) electrons. The molecule has 30 heavy (non-hydrogen) atoms. The van der Waals surface area contributed by atoms with Gasteiger partial charge in [0.1, 0.15) is 10.7 Å². The highest BCUT2D eigenvalue weighted by Crippen LogP contribution is 2.21. The van der Waals surface area contributed by atoms with Crippen LogP contribution in [-0.2, 0) is 14.8 Å². The second-order valence-electron chi connectivity index (χ2n) is 6.09. The number of anilines is 1. The van der Waals surface area contributed by atoms with Crippen LogP contribution in [0.1, 0.15) is 24.2 Å². The van der Waals surface area contributed by atoms with E-state index in [4.69, 9.17) is 0 Å². The van der Waals surface area contributed by atoms with Crippen LogP contribution >= 0.6 is 0 Å². The molecule has 2 N–H and O–H groups in total. The predicted molar refractivity (Wildman–Crippen MR) is 104 cm³/mol. The quantitative estimate of drug-likeness (QED) is 0.655. The molecular formula is C19H20F3N3O4S. The number of sulfonamides is 1. The first-order valence-electron chi connectivity index (χ1n) is 8.93. The van der Waals surface area contributed by atoms with Crippen LogP contribution in [0.2, 0.25) is 0 Å². The van der Waals surface area contributed by atoms with Crippen molar-refractivity contribution in [3.63, 3.8) is 0 Å². The van der Waals surface area contributed by atoms with Gasteiger partial charge in [-0.05, 0) is 30.3 Å². The number of carbonyl (C=O) groups is 2. The molecule has 162 valence electrons. The molecule has 0 aliphatic rings. The van der Waals surface area contributed by atoms with Gasteiger partial charge in [0.15, 0.2) is 11.6 Å². The van der Waals surface area contributed by atoms with Crippen molar-refractivity contribution >= 4 is 27.5 Å². The summed E-state index contributed by atoms with van der Waals surface area (Å²) in [4.78, 5) is 23.5. The van der Waals surface area contributed by atoms with Gasteiger partial charge < -0.3 is 10.6 Å². The zero-order chi connectivity index (χ0) is 22.5. The molecule has 2 aromatic rings. The molecular weight excluding hydrogens is 423 g/mol. The van der Waals surface area contributed by atoms with Crippen LogP contribution in [0.25, 0.3) is 0 Å². The fourth-order valence-electron chi connectivity index (χ4n) is 2.59. The van der Waals surface area contributed by atoms with Crippen LogP contribution in [0.5, 0.6) is 0 Å². The molecule has 0 aliphatic carbocycles. The van der Waals surface area contributed by atoms with E-state index in [1.54, 1.807) is 13.8 Å². The van der Waals surface area contributed by atoms with E-state index in [0.717, 1.165) is 40.7 Å². The number of carbonyl (C=O) groups excluding carboxylic acids is 2. The second-order valence-corrected chi connectivity index (χ2v) is 8.00. The van der Waals surface area contributed by atoms with Gasteiger partial charge in [-0.15, -0.1) is 0 Å². The van der Waals surface area contributed by atoms with Gasteiger partial charge in [-0.3, -0.25) is 9.59 Å². The smallest absolute Gasteiger partial charge is 0.251 e. The Bertz CT molecular complexity index is 1060. The van der Waals surface area contributed by atoms with Crippen LogP contribution in [0, 0.1) is 17.5 Å². The fraction of sp³-hybridized carbons (Fsp3) is 0.263. The van der Waals surface area contributed by atoms with E-state index in [1.165, 1.54) is 0 Å². The minimum absolute atomic E-state index is 0.0115. The number of hydrogen-bond acceptors (Lipinski definition) is 4. The highest BCUT2D eigenvalue weighted by molar-refractivity contribution is 7.89. The summed E-state index contributed by atoms with van der Waals surface area (Å²) in [5, 5.41) is 4.52. The van der Waals surface area contributed by atoms with Gasteiger partial charge in [-0.2, -0.15) is 4.31 Å². The minimum Gasteiger partial charge on any atom is -0.343 e. The first-order valence-corrected chi connectivity index (χ1v) is 10.4. The topological polar surface area (TPSA) is 95.6 Å². The summed E-state index contributed by atoms with van der Waals surface area (Å²) in [6.45, 7) is 2.91. The van der Waals surface area contributed by atoms with Crippen molar-refractivity contribution in [1.29, 1.82) is 0 Å². The normalized spacial score (nSPS) is 11.4. The average Bonchev–Trinajstić information content (AvgIpc) is 2.70. The van der Waals surface area contributed by atoms with Crippen molar-refractivity contribution < 1.29 is 31.2 Å². The van der Waals surface area contributed by atoms with Crippen molar-refractivity contribution in [1.82, 2.24) is 9.62 Å². The summed E-state index contributed by atoms with van der Waals surface area (Å²) in [5.74, 6) is -4.77. The summed E-state index contributed by atoms with van der Waals surface area (Å²) in [7, 11) is -4.13. The number of nitrogens with one attached hydrogen (secondary N) is 2. The number of benzene rings is 2. The van der Waals surface area contributed by atoms with E-state index in [2.05, 4.69) is 10.6 Å². The van der Waals surface area contributed by atoms with Gasteiger partial charge in [0.05, 0.1) is 6.54 Å². The molecule has 0 unspecified atom stereocenters. The molecule has 7 nitrogen and oxygen atoms in total. The third kappa shape index (κ3) is 5.36. The highest BCUT2D eigenvalue weighted by atomic mass is 32.2. The Balaban J connectivity index is 2.10. The molecule has 2 aromatic carbocycles. The average molecular weight is 443 g/mol. The van der Waals surface area contributed by atoms with E-state index in [1.807, 2.05) is 0 Å². The van der Waals surface area contributed by atoms with Gasteiger partial charge in [0, 0.05) is 30.4 Å². The lowest BCUT2D eigenvalue weighted by Crippen LogP contribution is -2.34. The molecule has 0 heterocycles. The molecule has 0 aliphatic heterocycles. The summed E-state index contributed by atoms with van der Waals surface area (Å²) in [5.41, 5.74) is -0.176. The molecule has 11 heteroatoms. The molecule has 0 bridgehead atoms. The maximum absolute atomic E-state index is 14.1.